The van der Waals surface area contributed by atoms with Crippen molar-refractivity contribution in [2.45, 2.75) is 6.10 Å². The highest BCUT2D eigenvalue weighted by molar-refractivity contribution is 9.10. The number of carboxylic acid groups (broad SMARTS) is 1. The number of carboxylic acids is 1. The van der Waals surface area contributed by atoms with E-state index in [-0.39, 0.29) is 0 Å². The van der Waals surface area contributed by atoms with Crippen LogP contribution < -0.4 is 0 Å². The molecule has 0 aliphatic rings. The van der Waals surface area contributed by atoms with Crippen LogP contribution in [0.3, 0.4) is 0 Å². The van der Waals surface area contributed by atoms with Crippen LogP contribution in [0.25, 0.3) is 10.9 Å². The Morgan fingerprint density at radius 3 is 2.81 bits per heavy atom. The fourth-order valence-corrected chi connectivity index (χ4v) is 2.52. The van der Waals surface area contributed by atoms with Gasteiger partial charge in [0.15, 0.2) is 6.10 Å². The fourth-order valence-electron chi connectivity index (χ4n) is 1.78. The van der Waals surface area contributed by atoms with E-state index in [9.17, 15) is 9.90 Å². The van der Waals surface area contributed by atoms with E-state index in [4.69, 9.17) is 5.11 Å². The van der Waals surface area contributed by atoms with Crippen molar-refractivity contribution < 1.29 is 15.0 Å². The van der Waals surface area contributed by atoms with Gasteiger partial charge in [0.1, 0.15) is 0 Å². The zero-order valence-corrected chi connectivity index (χ0v) is 10.1. The molecule has 1 unspecified atom stereocenters. The molecule has 0 saturated carbocycles. The Balaban J connectivity index is 2.75. The van der Waals surface area contributed by atoms with Gasteiger partial charge in [0.2, 0.25) is 0 Å². The second-order valence-electron chi connectivity index (χ2n) is 3.57. The number of fused-ring (bicyclic) bond motifs is 1. The minimum absolute atomic E-state index is 0.400. The van der Waals surface area contributed by atoms with E-state index in [1.807, 2.05) is 23.9 Å². The molecule has 4 nitrogen and oxygen atoms in total. The highest BCUT2D eigenvalue weighted by Gasteiger charge is 2.20. The standard InChI is InChI=1S/C11H10BrNO3/c1-13-5-7(12)9-6(10(14)11(15)16)3-2-4-8(9)13/h2-5,10,14H,1H3,(H,15,16). The number of aryl methyl sites for hydroxylation is 1. The zero-order valence-electron chi connectivity index (χ0n) is 8.51. The number of benzene rings is 1. The third-order valence-corrected chi connectivity index (χ3v) is 3.13. The number of halogens is 1. The van der Waals surface area contributed by atoms with Crippen LogP contribution in [0.5, 0.6) is 0 Å². The molecule has 0 fully saturated rings. The Morgan fingerprint density at radius 1 is 1.50 bits per heavy atom. The fraction of sp³-hybridized carbons (Fsp3) is 0.182. The Bertz CT molecular complexity index is 562. The van der Waals surface area contributed by atoms with Crippen LogP contribution in [0.2, 0.25) is 0 Å². The number of aliphatic hydroxyl groups excluding tert-OH is 1. The Labute approximate surface area is 100 Å². The monoisotopic (exact) mass is 283 g/mol. The van der Waals surface area contributed by atoms with E-state index in [0.717, 1.165) is 15.4 Å². The molecule has 0 aliphatic carbocycles. The van der Waals surface area contributed by atoms with Gasteiger partial charge in [-0.15, -0.1) is 0 Å². The van der Waals surface area contributed by atoms with Gasteiger partial charge >= 0.3 is 5.97 Å². The van der Waals surface area contributed by atoms with Crippen LogP contribution in [0.15, 0.2) is 28.9 Å². The minimum Gasteiger partial charge on any atom is -0.479 e. The summed E-state index contributed by atoms with van der Waals surface area (Å²) in [5.41, 5.74) is 1.28. The number of hydrogen-bond donors (Lipinski definition) is 2. The van der Waals surface area contributed by atoms with Crippen molar-refractivity contribution in [3.8, 4) is 0 Å². The molecule has 1 aromatic heterocycles. The van der Waals surface area contributed by atoms with Gasteiger partial charge in [-0.3, -0.25) is 0 Å². The minimum atomic E-state index is -1.50. The van der Waals surface area contributed by atoms with E-state index >= 15 is 0 Å². The Hall–Kier alpha value is -1.33. The van der Waals surface area contributed by atoms with Crippen LogP contribution in [-0.2, 0) is 11.8 Å². The second-order valence-corrected chi connectivity index (χ2v) is 4.42. The van der Waals surface area contributed by atoms with Crippen LogP contribution >= 0.6 is 15.9 Å². The van der Waals surface area contributed by atoms with Gasteiger partial charge in [-0.1, -0.05) is 12.1 Å². The van der Waals surface area contributed by atoms with Crippen LogP contribution in [-0.4, -0.2) is 20.7 Å². The summed E-state index contributed by atoms with van der Waals surface area (Å²) in [6, 6.07) is 5.22. The van der Waals surface area contributed by atoms with E-state index < -0.39 is 12.1 Å². The van der Waals surface area contributed by atoms with Gasteiger partial charge < -0.3 is 14.8 Å². The third-order valence-electron chi connectivity index (χ3n) is 2.53. The average molecular weight is 284 g/mol. The van der Waals surface area contributed by atoms with Gasteiger partial charge in [0, 0.05) is 34.2 Å². The van der Waals surface area contributed by atoms with Crippen LogP contribution in [0.4, 0.5) is 0 Å². The first-order chi connectivity index (χ1) is 7.52. The zero-order chi connectivity index (χ0) is 11.9. The maximum Gasteiger partial charge on any atom is 0.337 e. The molecule has 2 rings (SSSR count). The molecule has 2 aromatic rings. The van der Waals surface area contributed by atoms with Crippen molar-refractivity contribution in [1.29, 1.82) is 0 Å². The summed E-state index contributed by atoms with van der Waals surface area (Å²) in [5.74, 6) is -1.25. The molecule has 5 heteroatoms. The summed E-state index contributed by atoms with van der Waals surface area (Å²) >= 11 is 3.36. The quantitative estimate of drug-likeness (QED) is 0.887. The summed E-state index contributed by atoms with van der Waals surface area (Å²) in [5, 5.41) is 19.2. The van der Waals surface area contributed by atoms with Gasteiger partial charge in [-0.05, 0) is 22.0 Å². The summed E-state index contributed by atoms with van der Waals surface area (Å²) in [6.45, 7) is 0. The number of nitrogens with zero attached hydrogens (tertiary/aromatic N) is 1. The molecule has 1 atom stereocenters. The lowest BCUT2D eigenvalue weighted by Crippen LogP contribution is -2.10. The average Bonchev–Trinajstić information content (AvgIpc) is 2.54. The number of aliphatic carboxylic acids is 1. The summed E-state index contributed by atoms with van der Waals surface area (Å²) in [6.07, 6.45) is 0.338. The van der Waals surface area contributed by atoms with Crippen molar-refractivity contribution in [2.24, 2.45) is 7.05 Å². The lowest BCUT2D eigenvalue weighted by molar-refractivity contribution is -0.146. The normalized spacial score (nSPS) is 12.9. The lowest BCUT2D eigenvalue weighted by atomic mass is 10.1. The molecular weight excluding hydrogens is 274 g/mol. The van der Waals surface area contributed by atoms with Crippen molar-refractivity contribution >= 4 is 32.8 Å². The maximum atomic E-state index is 10.8. The largest absolute Gasteiger partial charge is 0.479 e. The highest BCUT2D eigenvalue weighted by atomic mass is 79.9. The Kier molecular flexibility index (Phi) is 2.73. The van der Waals surface area contributed by atoms with Crippen molar-refractivity contribution in [3.05, 3.63) is 34.4 Å². The number of aliphatic hydroxyl groups is 1. The number of carbonyl (C=O) groups is 1. The van der Waals surface area contributed by atoms with E-state index in [1.165, 1.54) is 0 Å². The molecule has 84 valence electrons. The predicted molar refractivity (Wildman–Crippen MR) is 63.2 cm³/mol. The second kappa shape index (κ2) is 3.92. The van der Waals surface area contributed by atoms with Gasteiger partial charge in [-0.25, -0.2) is 4.79 Å². The third kappa shape index (κ3) is 1.62. The molecule has 0 amide bonds. The molecule has 16 heavy (non-hydrogen) atoms. The molecule has 0 spiro atoms. The summed E-state index contributed by atoms with van der Waals surface area (Å²) in [7, 11) is 1.87. The van der Waals surface area contributed by atoms with E-state index in [1.54, 1.807) is 12.1 Å². The number of hydrogen-bond acceptors (Lipinski definition) is 2. The van der Waals surface area contributed by atoms with Gasteiger partial charge in [0.25, 0.3) is 0 Å². The van der Waals surface area contributed by atoms with Crippen molar-refractivity contribution in [2.75, 3.05) is 0 Å². The van der Waals surface area contributed by atoms with E-state index in [0.29, 0.717) is 5.56 Å². The lowest BCUT2D eigenvalue weighted by Gasteiger charge is -2.08. The van der Waals surface area contributed by atoms with Gasteiger partial charge in [-0.2, -0.15) is 0 Å². The summed E-state index contributed by atoms with van der Waals surface area (Å²) < 4.78 is 2.65. The molecule has 0 bridgehead atoms. The van der Waals surface area contributed by atoms with Crippen LogP contribution in [0, 0.1) is 0 Å². The molecule has 2 N–H and O–H groups in total. The topological polar surface area (TPSA) is 62.5 Å². The molecule has 0 radical (unpaired) electrons. The SMILES string of the molecule is Cn1cc(Br)c2c(C(O)C(=O)O)cccc21. The molecular formula is C11H10BrNO3. The molecule has 0 aliphatic heterocycles. The summed E-state index contributed by atoms with van der Waals surface area (Å²) in [4.78, 5) is 10.8. The molecule has 0 saturated heterocycles. The molecule has 1 heterocycles. The van der Waals surface area contributed by atoms with Crippen molar-refractivity contribution in [1.82, 2.24) is 4.57 Å². The van der Waals surface area contributed by atoms with E-state index in [2.05, 4.69) is 15.9 Å². The molecule has 1 aromatic carbocycles. The smallest absolute Gasteiger partial charge is 0.337 e. The number of aromatic nitrogens is 1. The first-order valence-electron chi connectivity index (χ1n) is 4.66. The van der Waals surface area contributed by atoms with Crippen LogP contribution in [0.1, 0.15) is 11.7 Å². The number of rotatable bonds is 2. The Morgan fingerprint density at radius 2 is 2.19 bits per heavy atom. The maximum absolute atomic E-state index is 10.8. The predicted octanol–water partition coefficient (Wildman–Crippen LogP) is 2.06. The van der Waals surface area contributed by atoms with Gasteiger partial charge in [0.05, 0.1) is 0 Å². The first kappa shape index (κ1) is 11.2. The first-order valence-corrected chi connectivity index (χ1v) is 5.46. The van der Waals surface area contributed by atoms with Crippen molar-refractivity contribution in [3.63, 3.8) is 0 Å². The highest BCUT2D eigenvalue weighted by Crippen LogP contribution is 2.32.